The summed E-state index contributed by atoms with van der Waals surface area (Å²) >= 11 is 7.75. The summed E-state index contributed by atoms with van der Waals surface area (Å²) in [7, 11) is 1.94. The maximum absolute atomic E-state index is 13.2. The Balaban J connectivity index is 1.57. The van der Waals surface area contributed by atoms with E-state index in [-0.39, 0.29) is 17.1 Å². The van der Waals surface area contributed by atoms with E-state index < -0.39 is 0 Å². The summed E-state index contributed by atoms with van der Waals surface area (Å²) in [6, 6.07) is 15.0. The van der Waals surface area contributed by atoms with E-state index in [0.29, 0.717) is 21.8 Å². The number of Topliss-reactive ketones (excluding diaryl/α,β-unsaturated/α-hetero) is 2. The van der Waals surface area contributed by atoms with Crippen molar-refractivity contribution in [1.82, 2.24) is 19.1 Å². The number of halogens is 1. The summed E-state index contributed by atoms with van der Waals surface area (Å²) in [5.74, 6) is 0.152. The third-order valence-corrected chi connectivity index (χ3v) is 7.26. The van der Waals surface area contributed by atoms with Crippen LogP contribution in [0.3, 0.4) is 0 Å². The fourth-order valence-electron chi connectivity index (χ4n) is 4.36. The molecule has 0 saturated carbocycles. The van der Waals surface area contributed by atoms with Crippen LogP contribution in [0.5, 0.6) is 0 Å². The highest BCUT2D eigenvalue weighted by molar-refractivity contribution is 7.13. The van der Waals surface area contributed by atoms with E-state index in [1.807, 2.05) is 64.9 Å². The molecule has 166 valence electrons. The number of hydrogen-bond donors (Lipinski definition) is 0. The number of hydrogen-bond acceptors (Lipinski definition) is 5. The van der Waals surface area contributed by atoms with E-state index in [0.717, 1.165) is 33.2 Å². The number of allylic oxidation sites excluding steroid dienone is 1. The molecule has 0 N–H and O–H groups in total. The van der Waals surface area contributed by atoms with Crippen LogP contribution >= 0.6 is 22.9 Å². The van der Waals surface area contributed by atoms with Crippen molar-refractivity contribution < 1.29 is 9.59 Å². The average Bonchev–Trinajstić information content (AvgIpc) is 3.59. The molecule has 1 aliphatic rings. The van der Waals surface area contributed by atoms with Gasteiger partial charge in [-0.25, -0.2) is 9.97 Å². The van der Waals surface area contributed by atoms with Crippen LogP contribution in [0, 0.1) is 6.92 Å². The van der Waals surface area contributed by atoms with Gasteiger partial charge in [0, 0.05) is 40.5 Å². The van der Waals surface area contributed by atoms with Gasteiger partial charge in [0.1, 0.15) is 0 Å². The van der Waals surface area contributed by atoms with Crippen molar-refractivity contribution in [2.24, 2.45) is 7.05 Å². The quantitative estimate of drug-likeness (QED) is 0.236. The van der Waals surface area contributed by atoms with Gasteiger partial charge in [0.05, 0.1) is 16.8 Å². The summed E-state index contributed by atoms with van der Waals surface area (Å²) in [5.41, 5.74) is 4.79. The molecule has 0 fully saturated rings. The van der Waals surface area contributed by atoms with E-state index in [2.05, 4.69) is 4.98 Å². The van der Waals surface area contributed by atoms with Crippen LogP contribution in [0.4, 0.5) is 0 Å². The summed E-state index contributed by atoms with van der Waals surface area (Å²) in [5, 5.41) is 3.21. The number of rotatable bonds is 3. The second-order valence-electron chi connectivity index (χ2n) is 8.14. The van der Waals surface area contributed by atoms with Crippen LogP contribution in [-0.2, 0) is 7.05 Å². The minimum absolute atomic E-state index is 0.122. The van der Waals surface area contributed by atoms with Gasteiger partial charge < -0.3 is 4.57 Å². The molecule has 6 nitrogen and oxygen atoms in total. The van der Waals surface area contributed by atoms with Gasteiger partial charge in [0.2, 0.25) is 0 Å². The molecule has 0 aliphatic heterocycles. The molecule has 5 aromatic rings. The molecule has 3 aromatic heterocycles. The van der Waals surface area contributed by atoms with Crippen LogP contribution in [-0.4, -0.2) is 30.7 Å². The third-order valence-electron chi connectivity index (χ3n) is 6.08. The highest BCUT2D eigenvalue weighted by Gasteiger charge is 2.34. The minimum Gasteiger partial charge on any atom is -0.324 e. The lowest BCUT2D eigenvalue weighted by molar-refractivity contribution is 0.0990. The molecule has 0 radical (unpaired) electrons. The maximum Gasteiger partial charge on any atom is 0.197 e. The van der Waals surface area contributed by atoms with Gasteiger partial charge in [-0.1, -0.05) is 29.8 Å². The number of ketones is 2. The minimum atomic E-state index is -0.316. The molecule has 1 aliphatic carbocycles. The molecule has 0 saturated heterocycles. The monoisotopic (exact) mass is 484 g/mol. The number of nitrogens with zero attached hydrogens (tertiary/aromatic N) is 4. The molecule has 6 rings (SSSR count). The number of fused-ring (bicyclic) bond motifs is 2. The van der Waals surface area contributed by atoms with Crippen molar-refractivity contribution in [2.45, 2.75) is 6.92 Å². The van der Waals surface area contributed by atoms with Gasteiger partial charge in [0.25, 0.3) is 0 Å². The Kier molecular flexibility index (Phi) is 4.65. The third kappa shape index (κ3) is 3.01. The summed E-state index contributed by atoms with van der Waals surface area (Å²) in [4.78, 5) is 35.6. The molecule has 3 heterocycles. The number of aryl methyl sites for hydroxylation is 2. The molecule has 0 amide bonds. The lowest BCUT2D eigenvalue weighted by Gasteiger charge is -2.07. The molecule has 0 atom stereocenters. The zero-order valence-electron chi connectivity index (χ0n) is 18.2. The zero-order chi connectivity index (χ0) is 23.6. The first-order chi connectivity index (χ1) is 16.4. The first kappa shape index (κ1) is 20.8. The van der Waals surface area contributed by atoms with E-state index >= 15 is 0 Å². The Morgan fingerprint density at radius 2 is 1.76 bits per heavy atom. The largest absolute Gasteiger partial charge is 0.324 e. The van der Waals surface area contributed by atoms with E-state index in [1.54, 1.807) is 24.4 Å². The predicted molar refractivity (Wildman–Crippen MR) is 134 cm³/mol. The van der Waals surface area contributed by atoms with E-state index in [1.165, 1.54) is 11.3 Å². The SMILES string of the molecule is Cc1cc2c(cc1Cl)C(=O)/C(=C\c1cc3c(nc(-c4nccs4)n3C)n1-c1ccccc1)C2=O. The Morgan fingerprint density at radius 3 is 2.47 bits per heavy atom. The Hall–Kier alpha value is -3.81. The number of carbonyl (C=O) groups is 2. The predicted octanol–water partition coefficient (Wildman–Crippen LogP) is 5.91. The highest BCUT2D eigenvalue weighted by atomic mass is 35.5. The molecular formula is C26H17ClN4O2S. The average molecular weight is 485 g/mol. The number of thiazole rings is 1. The maximum atomic E-state index is 13.2. The second-order valence-corrected chi connectivity index (χ2v) is 9.45. The Morgan fingerprint density at radius 1 is 1.03 bits per heavy atom. The van der Waals surface area contributed by atoms with Crippen molar-refractivity contribution in [3.63, 3.8) is 0 Å². The fraction of sp³-hybridized carbons (Fsp3) is 0.0769. The van der Waals surface area contributed by atoms with Crippen molar-refractivity contribution in [1.29, 1.82) is 0 Å². The lowest BCUT2D eigenvalue weighted by Crippen LogP contribution is -2.03. The topological polar surface area (TPSA) is 69.8 Å². The van der Waals surface area contributed by atoms with Crippen LogP contribution in [0.1, 0.15) is 32.0 Å². The molecular weight excluding hydrogens is 468 g/mol. The number of imidazole rings is 1. The Bertz CT molecular complexity index is 1620. The first-order valence-corrected chi connectivity index (χ1v) is 11.8. The number of aromatic nitrogens is 4. The summed E-state index contributed by atoms with van der Waals surface area (Å²) < 4.78 is 3.94. The van der Waals surface area contributed by atoms with Gasteiger partial charge >= 0.3 is 0 Å². The lowest BCUT2D eigenvalue weighted by atomic mass is 10.1. The zero-order valence-corrected chi connectivity index (χ0v) is 19.8. The molecule has 0 bridgehead atoms. The molecule has 0 spiro atoms. The Labute approximate surface area is 203 Å². The number of benzene rings is 2. The van der Waals surface area contributed by atoms with Crippen molar-refractivity contribution in [3.8, 4) is 16.5 Å². The smallest absolute Gasteiger partial charge is 0.197 e. The normalized spacial score (nSPS) is 14.5. The summed E-state index contributed by atoms with van der Waals surface area (Å²) in [6.07, 6.45) is 3.41. The van der Waals surface area contributed by atoms with Gasteiger partial charge in [-0.15, -0.1) is 11.3 Å². The van der Waals surface area contributed by atoms with Crippen LogP contribution in [0.25, 0.3) is 33.8 Å². The van der Waals surface area contributed by atoms with Gasteiger partial charge in [-0.3, -0.25) is 14.2 Å². The van der Waals surface area contributed by atoms with Crippen molar-refractivity contribution in [2.75, 3.05) is 0 Å². The van der Waals surface area contributed by atoms with Crippen molar-refractivity contribution in [3.05, 3.63) is 93.1 Å². The van der Waals surface area contributed by atoms with Gasteiger partial charge in [-0.05, 0) is 48.9 Å². The van der Waals surface area contributed by atoms with Crippen LogP contribution in [0.2, 0.25) is 5.02 Å². The van der Waals surface area contributed by atoms with Crippen LogP contribution in [0.15, 0.2) is 65.7 Å². The second kappa shape index (κ2) is 7.62. The molecule has 0 unspecified atom stereocenters. The highest BCUT2D eigenvalue weighted by Crippen LogP contribution is 2.34. The number of para-hydroxylation sites is 1. The fourth-order valence-corrected chi connectivity index (χ4v) is 5.18. The first-order valence-electron chi connectivity index (χ1n) is 10.6. The van der Waals surface area contributed by atoms with Crippen molar-refractivity contribution >= 4 is 51.7 Å². The van der Waals surface area contributed by atoms with Crippen LogP contribution < -0.4 is 0 Å². The molecule has 8 heteroatoms. The van der Waals surface area contributed by atoms with E-state index in [4.69, 9.17) is 16.6 Å². The van der Waals surface area contributed by atoms with Gasteiger partial charge in [-0.2, -0.15) is 0 Å². The number of carbonyl (C=O) groups excluding carboxylic acids is 2. The standard InChI is InChI=1S/C26H17ClN4O2S/c1-14-10-17-18(13-20(14)27)23(33)19(22(17)32)11-16-12-21-24(31(16)15-6-4-3-5-7-15)29-25(30(21)2)26-28-8-9-34-26/h3-13H,1-2H3/b19-11-. The van der Waals surface area contributed by atoms with Gasteiger partial charge in [0.15, 0.2) is 28.0 Å². The molecule has 34 heavy (non-hydrogen) atoms. The molecule has 2 aromatic carbocycles. The summed E-state index contributed by atoms with van der Waals surface area (Å²) in [6.45, 7) is 1.82. The van der Waals surface area contributed by atoms with E-state index in [9.17, 15) is 9.59 Å².